The maximum Gasteiger partial charge on any atom is 0.257 e. The third kappa shape index (κ3) is 7.31. The van der Waals surface area contributed by atoms with Gasteiger partial charge in [-0.15, -0.1) is 0 Å². The van der Waals surface area contributed by atoms with Crippen molar-refractivity contribution in [2.24, 2.45) is 0 Å². The molecule has 34 heavy (non-hydrogen) atoms. The molecular weight excluding hydrogens is 454 g/mol. The Hall–Kier alpha value is -2.88. The predicted octanol–water partition coefficient (Wildman–Crippen LogP) is 3.84. The highest BCUT2D eigenvalue weighted by atomic mass is 32.1. The largest absolute Gasteiger partial charge is 0.490 e. The van der Waals surface area contributed by atoms with E-state index >= 15 is 0 Å². The van der Waals surface area contributed by atoms with Crippen LogP contribution in [0.2, 0.25) is 0 Å². The van der Waals surface area contributed by atoms with Crippen molar-refractivity contribution in [2.45, 2.75) is 27.3 Å². The SMILES string of the molecule is CCOc1cc(C(=O)NC(=S)Nc2ccc(CN3CCOCC3)cc2)cc(OCC)c1OCC. The summed E-state index contributed by atoms with van der Waals surface area (Å²) in [6.45, 7) is 11.2. The van der Waals surface area contributed by atoms with Gasteiger partial charge in [-0.1, -0.05) is 12.1 Å². The zero-order valence-corrected chi connectivity index (χ0v) is 20.8. The van der Waals surface area contributed by atoms with Crippen LogP contribution in [0.1, 0.15) is 36.7 Å². The summed E-state index contributed by atoms with van der Waals surface area (Å²) in [6.07, 6.45) is 0. The number of carbonyl (C=O) groups excluding carboxylic acids is 1. The Kier molecular flexibility index (Phi) is 9.93. The average Bonchev–Trinajstić information content (AvgIpc) is 2.83. The molecule has 1 aliphatic heterocycles. The number of anilines is 1. The number of hydrogen-bond donors (Lipinski definition) is 2. The van der Waals surface area contributed by atoms with Gasteiger partial charge in [-0.3, -0.25) is 15.0 Å². The third-order valence-corrected chi connectivity index (χ3v) is 5.32. The summed E-state index contributed by atoms with van der Waals surface area (Å²) in [4.78, 5) is 15.3. The quantitative estimate of drug-likeness (QED) is 0.490. The van der Waals surface area contributed by atoms with E-state index in [-0.39, 0.29) is 11.0 Å². The maximum atomic E-state index is 12.9. The molecule has 0 radical (unpaired) electrons. The molecule has 3 rings (SSSR count). The van der Waals surface area contributed by atoms with Crippen molar-refractivity contribution in [1.29, 1.82) is 0 Å². The first kappa shape index (κ1) is 25.7. The van der Waals surface area contributed by atoms with E-state index in [9.17, 15) is 4.79 Å². The second-order valence-corrected chi connectivity index (χ2v) is 8.00. The Labute approximate surface area is 206 Å². The molecule has 0 atom stereocenters. The molecule has 1 heterocycles. The zero-order valence-electron chi connectivity index (χ0n) is 20.0. The van der Waals surface area contributed by atoms with Gasteiger partial charge in [-0.05, 0) is 62.8 Å². The summed E-state index contributed by atoms with van der Waals surface area (Å²) in [5, 5.41) is 5.99. The van der Waals surface area contributed by atoms with Crippen LogP contribution in [0.25, 0.3) is 0 Å². The molecule has 0 saturated carbocycles. The van der Waals surface area contributed by atoms with Crippen molar-refractivity contribution >= 4 is 28.9 Å². The Morgan fingerprint density at radius 2 is 1.56 bits per heavy atom. The van der Waals surface area contributed by atoms with Gasteiger partial charge >= 0.3 is 0 Å². The number of benzene rings is 2. The number of nitrogens with zero attached hydrogens (tertiary/aromatic N) is 1. The molecule has 0 aromatic heterocycles. The lowest BCUT2D eigenvalue weighted by Crippen LogP contribution is -2.35. The fraction of sp³-hybridized carbons (Fsp3) is 0.440. The first-order valence-corrected chi connectivity index (χ1v) is 12.0. The Bertz CT molecular complexity index is 935. The Morgan fingerprint density at radius 3 is 2.12 bits per heavy atom. The fourth-order valence-electron chi connectivity index (χ4n) is 3.57. The van der Waals surface area contributed by atoms with Crippen LogP contribution < -0.4 is 24.8 Å². The van der Waals surface area contributed by atoms with Gasteiger partial charge in [0, 0.05) is 30.9 Å². The smallest absolute Gasteiger partial charge is 0.257 e. The van der Waals surface area contributed by atoms with Crippen LogP contribution in [-0.2, 0) is 11.3 Å². The van der Waals surface area contributed by atoms with E-state index in [0.29, 0.717) is 42.6 Å². The monoisotopic (exact) mass is 487 g/mol. The van der Waals surface area contributed by atoms with Crippen LogP contribution in [0.3, 0.4) is 0 Å². The number of morpholine rings is 1. The topological polar surface area (TPSA) is 81.3 Å². The van der Waals surface area contributed by atoms with Crippen molar-refractivity contribution < 1.29 is 23.7 Å². The summed E-state index contributed by atoms with van der Waals surface area (Å²) in [6, 6.07) is 11.3. The molecule has 0 spiro atoms. The van der Waals surface area contributed by atoms with Crippen molar-refractivity contribution in [3.05, 3.63) is 47.5 Å². The second-order valence-electron chi connectivity index (χ2n) is 7.59. The standard InChI is InChI=1S/C25H33N3O5S/c1-4-31-21-15-19(16-22(32-5-2)23(21)33-6-3)24(29)27-25(34)26-20-9-7-18(8-10-20)17-28-11-13-30-14-12-28/h7-10,15-16H,4-6,11-14,17H2,1-3H3,(H2,26,27,29,34). The normalized spacial score (nSPS) is 13.7. The molecular formula is C25H33N3O5S. The minimum absolute atomic E-state index is 0.204. The molecule has 1 amide bonds. The van der Waals surface area contributed by atoms with Crippen LogP contribution >= 0.6 is 12.2 Å². The maximum absolute atomic E-state index is 12.9. The lowest BCUT2D eigenvalue weighted by atomic mass is 10.1. The number of nitrogens with one attached hydrogen (secondary N) is 2. The number of amides is 1. The van der Waals surface area contributed by atoms with E-state index in [1.165, 1.54) is 5.56 Å². The molecule has 8 nitrogen and oxygen atoms in total. The van der Waals surface area contributed by atoms with Gasteiger partial charge in [0.2, 0.25) is 5.75 Å². The molecule has 0 bridgehead atoms. The van der Waals surface area contributed by atoms with Gasteiger partial charge < -0.3 is 24.3 Å². The van der Waals surface area contributed by atoms with Gasteiger partial charge in [0.15, 0.2) is 16.6 Å². The highest BCUT2D eigenvalue weighted by Gasteiger charge is 2.19. The van der Waals surface area contributed by atoms with Gasteiger partial charge in [-0.25, -0.2) is 0 Å². The Balaban J connectivity index is 1.63. The lowest BCUT2D eigenvalue weighted by molar-refractivity contribution is 0.0342. The summed E-state index contributed by atoms with van der Waals surface area (Å²) < 4.78 is 22.5. The van der Waals surface area contributed by atoms with Crippen molar-refractivity contribution in [1.82, 2.24) is 10.2 Å². The first-order chi connectivity index (χ1) is 16.5. The van der Waals surface area contributed by atoms with Crippen LogP contribution in [0, 0.1) is 0 Å². The van der Waals surface area contributed by atoms with Gasteiger partial charge in [0.05, 0.1) is 33.0 Å². The molecule has 1 saturated heterocycles. The van der Waals surface area contributed by atoms with E-state index in [0.717, 1.165) is 38.5 Å². The second kappa shape index (κ2) is 13.1. The predicted molar refractivity (Wildman–Crippen MR) is 136 cm³/mol. The van der Waals surface area contributed by atoms with E-state index < -0.39 is 0 Å². The van der Waals surface area contributed by atoms with Crippen molar-refractivity contribution in [3.63, 3.8) is 0 Å². The third-order valence-electron chi connectivity index (χ3n) is 5.12. The molecule has 1 aliphatic rings. The van der Waals surface area contributed by atoms with Crippen LogP contribution in [0.15, 0.2) is 36.4 Å². The first-order valence-electron chi connectivity index (χ1n) is 11.6. The molecule has 9 heteroatoms. The van der Waals surface area contributed by atoms with Crippen LogP contribution in [0.4, 0.5) is 5.69 Å². The fourth-order valence-corrected chi connectivity index (χ4v) is 3.78. The number of thiocarbonyl (C=S) groups is 1. The van der Waals surface area contributed by atoms with Crippen molar-refractivity contribution in [2.75, 3.05) is 51.4 Å². The summed E-state index contributed by atoms with van der Waals surface area (Å²) in [7, 11) is 0. The van der Waals surface area contributed by atoms with E-state index in [4.69, 9.17) is 31.2 Å². The van der Waals surface area contributed by atoms with E-state index in [2.05, 4.69) is 27.7 Å². The van der Waals surface area contributed by atoms with Gasteiger partial charge in [0.1, 0.15) is 0 Å². The van der Waals surface area contributed by atoms with Crippen LogP contribution in [0.5, 0.6) is 17.2 Å². The molecule has 2 aromatic rings. The highest BCUT2D eigenvalue weighted by Crippen LogP contribution is 2.39. The number of hydrogen-bond acceptors (Lipinski definition) is 7. The van der Waals surface area contributed by atoms with Gasteiger partial charge in [0.25, 0.3) is 5.91 Å². The number of ether oxygens (including phenoxy) is 4. The summed E-state index contributed by atoms with van der Waals surface area (Å²) in [5.74, 6) is 1.03. The van der Waals surface area contributed by atoms with Gasteiger partial charge in [-0.2, -0.15) is 0 Å². The summed E-state index contributed by atoms with van der Waals surface area (Å²) >= 11 is 5.36. The average molecular weight is 488 g/mol. The molecule has 0 aliphatic carbocycles. The molecule has 184 valence electrons. The highest BCUT2D eigenvalue weighted by molar-refractivity contribution is 7.80. The minimum Gasteiger partial charge on any atom is -0.490 e. The molecule has 0 unspecified atom stereocenters. The van der Waals surface area contributed by atoms with Crippen LogP contribution in [-0.4, -0.2) is 62.0 Å². The van der Waals surface area contributed by atoms with E-state index in [1.807, 2.05) is 32.9 Å². The zero-order chi connectivity index (χ0) is 24.3. The van der Waals surface area contributed by atoms with E-state index in [1.54, 1.807) is 12.1 Å². The minimum atomic E-state index is -0.369. The number of carbonyl (C=O) groups is 1. The lowest BCUT2D eigenvalue weighted by Gasteiger charge is -2.26. The number of rotatable bonds is 10. The molecule has 2 N–H and O–H groups in total. The van der Waals surface area contributed by atoms with Crippen molar-refractivity contribution in [3.8, 4) is 17.2 Å². The molecule has 2 aromatic carbocycles. The molecule has 1 fully saturated rings. The summed E-state index contributed by atoms with van der Waals surface area (Å²) in [5.41, 5.74) is 2.37. The Morgan fingerprint density at radius 1 is 0.971 bits per heavy atom.